The van der Waals surface area contributed by atoms with Gasteiger partial charge < -0.3 is 45.8 Å². The smallest absolute Gasteiger partial charge is 0.548 e. The van der Waals surface area contributed by atoms with Crippen molar-refractivity contribution in [2.45, 2.75) is 25.3 Å². The third-order valence-corrected chi connectivity index (χ3v) is 1.80. The molecular weight excluding hydrogens is 274 g/mol. The SMILES string of the molecule is NC(CCCCNC(=S)[S-])C(=O)[O-].[Zn+2]. The summed E-state index contributed by atoms with van der Waals surface area (Å²) in [5, 5.41) is 13.0. The standard InChI is InChI=1S/C7H14N2O2S2.Zn/c8-5(6(10)11)3-1-2-4-9-7(12)13;/h5H,1-4,8H2,(H,10,11)(H2,9,12,13);/q;+2/p-2. The summed E-state index contributed by atoms with van der Waals surface area (Å²) in [6, 6.07) is -0.865. The van der Waals surface area contributed by atoms with Crippen molar-refractivity contribution in [1.82, 2.24) is 5.32 Å². The number of unbranched alkanes of at least 4 members (excludes halogenated alkanes) is 1. The molecule has 14 heavy (non-hydrogen) atoms. The van der Waals surface area contributed by atoms with Crippen molar-refractivity contribution in [2.24, 2.45) is 5.73 Å². The van der Waals surface area contributed by atoms with Crippen LogP contribution in [0.3, 0.4) is 0 Å². The molecule has 0 aromatic carbocycles. The monoisotopic (exact) mass is 284 g/mol. The Bertz CT molecular complexity index is 193. The molecule has 3 N–H and O–H groups in total. The third kappa shape index (κ3) is 10.2. The van der Waals surface area contributed by atoms with Crippen molar-refractivity contribution in [1.29, 1.82) is 0 Å². The number of hydrogen-bond acceptors (Lipinski definition) is 5. The average Bonchev–Trinajstić information content (AvgIpc) is 2.02. The first kappa shape index (κ1) is 16.6. The Hall–Kier alpha value is 0.163. The van der Waals surface area contributed by atoms with Gasteiger partial charge in [-0.15, -0.1) is 0 Å². The summed E-state index contributed by atoms with van der Waals surface area (Å²) in [5.41, 5.74) is 5.23. The molecular formula is C7H12N2O2S2Zn. The van der Waals surface area contributed by atoms with E-state index < -0.39 is 12.0 Å². The van der Waals surface area contributed by atoms with Gasteiger partial charge in [-0.3, -0.25) is 0 Å². The predicted octanol–water partition coefficient (Wildman–Crippen LogP) is -1.35. The maximum Gasteiger partial charge on any atom is 2.00 e. The van der Waals surface area contributed by atoms with E-state index in [0.29, 0.717) is 17.3 Å². The van der Waals surface area contributed by atoms with Crippen molar-refractivity contribution in [3.63, 3.8) is 0 Å². The van der Waals surface area contributed by atoms with Crippen molar-refractivity contribution in [3.8, 4) is 0 Å². The van der Waals surface area contributed by atoms with E-state index in [4.69, 9.17) is 5.73 Å². The molecule has 0 bridgehead atoms. The number of nitrogens with two attached hydrogens (primary N) is 1. The molecule has 7 heteroatoms. The minimum Gasteiger partial charge on any atom is -0.548 e. The molecule has 0 rings (SSSR count). The van der Waals surface area contributed by atoms with Crippen LogP contribution in [0.5, 0.6) is 0 Å². The number of hydrogen-bond donors (Lipinski definition) is 2. The summed E-state index contributed by atoms with van der Waals surface area (Å²) < 4.78 is 0.337. The van der Waals surface area contributed by atoms with Crippen molar-refractivity contribution in [2.75, 3.05) is 6.54 Å². The molecule has 0 fully saturated rings. The summed E-state index contributed by atoms with van der Waals surface area (Å²) in [7, 11) is 0. The van der Waals surface area contributed by atoms with E-state index in [2.05, 4.69) is 30.2 Å². The molecule has 0 saturated carbocycles. The van der Waals surface area contributed by atoms with Crippen LogP contribution in [0, 0.1) is 0 Å². The normalized spacial score (nSPS) is 11.2. The van der Waals surface area contributed by atoms with Crippen LogP contribution in [0.4, 0.5) is 0 Å². The number of carbonyl (C=O) groups excluding carboxylic acids is 1. The summed E-state index contributed by atoms with van der Waals surface area (Å²) in [4.78, 5) is 10.2. The Morgan fingerprint density at radius 1 is 1.57 bits per heavy atom. The van der Waals surface area contributed by atoms with Crippen LogP contribution in [0.1, 0.15) is 19.3 Å². The van der Waals surface area contributed by atoms with Crippen molar-refractivity contribution in [3.05, 3.63) is 0 Å². The number of thiocarbonyl (C=S) groups is 1. The van der Waals surface area contributed by atoms with Gasteiger partial charge in [-0.1, -0.05) is 4.32 Å². The molecule has 0 radical (unpaired) electrons. The van der Waals surface area contributed by atoms with Crippen LogP contribution in [0.2, 0.25) is 0 Å². The van der Waals surface area contributed by atoms with E-state index in [1.165, 1.54) is 0 Å². The quantitative estimate of drug-likeness (QED) is 0.272. The molecule has 1 atom stereocenters. The van der Waals surface area contributed by atoms with Crippen LogP contribution in [0.15, 0.2) is 0 Å². The van der Waals surface area contributed by atoms with E-state index >= 15 is 0 Å². The van der Waals surface area contributed by atoms with Gasteiger partial charge in [0.25, 0.3) is 0 Å². The van der Waals surface area contributed by atoms with Crippen LogP contribution in [-0.4, -0.2) is 22.9 Å². The first-order chi connectivity index (χ1) is 6.04. The molecule has 1 unspecified atom stereocenters. The molecule has 0 aromatic heterocycles. The van der Waals surface area contributed by atoms with Gasteiger partial charge in [-0.05, 0) is 19.3 Å². The average molecular weight is 286 g/mol. The van der Waals surface area contributed by atoms with E-state index in [-0.39, 0.29) is 19.5 Å². The molecule has 0 spiro atoms. The Kier molecular flexibility index (Phi) is 11.5. The topological polar surface area (TPSA) is 78.2 Å². The Morgan fingerprint density at radius 3 is 2.57 bits per heavy atom. The van der Waals surface area contributed by atoms with Crippen LogP contribution < -0.4 is 16.2 Å². The molecule has 0 heterocycles. The Labute approximate surface area is 107 Å². The minimum absolute atomic E-state index is 0. The van der Waals surface area contributed by atoms with Gasteiger partial charge in [0.1, 0.15) is 0 Å². The van der Waals surface area contributed by atoms with Gasteiger partial charge in [0.05, 0.1) is 5.97 Å². The second-order valence-electron chi connectivity index (χ2n) is 2.64. The zero-order valence-electron chi connectivity index (χ0n) is 7.82. The fourth-order valence-corrected chi connectivity index (χ4v) is 1.00. The molecule has 0 aromatic rings. The zero-order valence-corrected chi connectivity index (χ0v) is 12.4. The molecule has 0 aliphatic rings. The van der Waals surface area contributed by atoms with Gasteiger partial charge in [0, 0.05) is 12.6 Å². The van der Waals surface area contributed by atoms with Crippen LogP contribution >= 0.6 is 12.2 Å². The maximum atomic E-state index is 10.2. The fourth-order valence-electron chi connectivity index (χ4n) is 0.798. The first-order valence-electron chi connectivity index (χ1n) is 3.95. The Morgan fingerprint density at radius 2 is 2.14 bits per heavy atom. The molecule has 0 saturated heterocycles. The van der Waals surface area contributed by atoms with Crippen LogP contribution in [-0.2, 0) is 36.9 Å². The van der Waals surface area contributed by atoms with Gasteiger partial charge >= 0.3 is 19.5 Å². The number of rotatable bonds is 6. The summed E-state index contributed by atoms with van der Waals surface area (Å²) in [5.74, 6) is -1.20. The summed E-state index contributed by atoms with van der Waals surface area (Å²) >= 11 is 9.23. The van der Waals surface area contributed by atoms with Crippen molar-refractivity contribution >= 4 is 35.1 Å². The zero-order chi connectivity index (χ0) is 10.3. The van der Waals surface area contributed by atoms with Gasteiger partial charge in [0.2, 0.25) is 0 Å². The number of carboxylic acids is 1. The van der Waals surface area contributed by atoms with E-state index in [1.54, 1.807) is 0 Å². The molecule has 76 valence electrons. The number of aliphatic carboxylic acids is 1. The minimum atomic E-state index is -1.20. The molecule has 0 aliphatic heterocycles. The van der Waals surface area contributed by atoms with Crippen molar-refractivity contribution < 1.29 is 29.4 Å². The molecule has 0 aliphatic carbocycles. The molecule has 0 amide bonds. The number of carbonyl (C=O) groups is 1. The number of nitrogens with one attached hydrogen (secondary N) is 1. The third-order valence-electron chi connectivity index (χ3n) is 1.51. The van der Waals surface area contributed by atoms with E-state index in [9.17, 15) is 9.90 Å². The molecule has 4 nitrogen and oxygen atoms in total. The van der Waals surface area contributed by atoms with Gasteiger partial charge in [0.15, 0.2) is 0 Å². The van der Waals surface area contributed by atoms with E-state index in [0.717, 1.165) is 12.8 Å². The predicted molar refractivity (Wildman–Crippen MR) is 54.8 cm³/mol. The van der Waals surface area contributed by atoms with Gasteiger partial charge in [-0.25, -0.2) is 0 Å². The second-order valence-corrected chi connectivity index (χ2v) is 3.71. The summed E-state index contributed by atoms with van der Waals surface area (Å²) in [6.45, 7) is 0.669. The number of carboxylic acid groups (broad SMARTS) is 1. The largest absolute Gasteiger partial charge is 2.00 e. The maximum absolute atomic E-state index is 10.2. The second kappa shape index (κ2) is 9.71. The first-order valence-corrected chi connectivity index (χ1v) is 4.77. The van der Waals surface area contributed by atoms with Gasteiger partial charge in [-0.2, -0.15) is 0 Å². The Balaban J connectivity index is 0. The fraction of sp³-hybridized carbons (Fsp3) is 0.714. The van der Waals surface area contributed by atoms with Crippen LogP contribution in [0.25, 0.3) is 0 Å². The van der Waals surface area contributed by atoms with E-state index in [1.807, 2.05) is 0 Å². The summed E-state index contributed by atoms with van der Waals surface area (Å²) in [6.07, 6.45) is 1.95.